The lowest BCUT2D eigenvalue weighted by Crippen LogP contribution is -2.32. The molecule has 120 valence electrons. The van der Waals surface area contributed by atoms with Gasteiger partial charge in [-0.1, -0.05) is 18.2 Å². The van der Waals surface area contributed by atoms with Crippen molar-refractivity contribution < 1.29 is 9.47 Å². The van der Waals surface area contributed by atoms with E-state index in [1.165, 1.54) is 45.3 Å². The quantitative estimate of drug-likeness (QED) is 0.852. The number of rotatable bonds is 4. The van der Waals surface area contributed by atoms with Crippen LogP contribution in [0, 0.1) is 17.8 Å². The molecule has 1 saturated carbocycles. The normalized spacial score (nSPS) is 33.0. The van der Waals surface area contributed by atoms with Gasteiger partial charge in [0.2, 0.25) is 0 Å². The molecule has 3 atom stereocenters. The van der Waals surface area contributed by atoms with Crippen molar-refractivity contribution in [2.45, 2.75) is 31.8 Å². The minimum atomic E-state index is 0.433. The van der Waals surface area contributed by atoms with Crippen LogP contribution in [0.15, 0.2) is 30.3 Å². The fraction of sp³-hybridized carbons (Fsp3) is 0.684. The highest BCUT2D eigenvalue weighted by atomic mass is 16.5. The van der Waals surface area contributed by atoms with Crippen molar-refractivity contribution in [3.05, 3.63) is 30.3 Å². The first kappa shape index (κ1) is 14.5. The molecule has 0 amide bonds. The molecule has 0 N–H and O–H groups in total. The van der Waals surface area contributed by atoms with E-state index in [-0.39, 0.29) is 0 Å². The van der Waals surface area contributed by atoms with Crippen LogP contribution in [0.5, 0.6) is 5.75 Å². The summed E-state index contributed by atoms with van der Waals surface area (Å²) in [5.41, 5.74) is 0. The van der Waals surface area contributed by atoms with E-state index < -0.39 is 0 Å². The molecular formula is C19H27NO2. The molecule has 3 heteroatoms. The van der Waals surface area contributed by atoms with Crippen LogP contribution in [0.2, 0.25) is 0 Å². The molecule has 0 spiro atoms. The first-order chi connectivity index (χ1) is 10.9. The van der Waals surface area contributed by atoms with Crippen LogP contribution in [0.4, 0.5) is 0 Å². The minimum Gasteiger partial charge on any atom is -0.490 e. The van der Waals surface area contributed by atoms with E-state index in [2.05, 4.69) is 29.2 Å². The van der Waals surface area contributed by atoms with Crippen LogP contribution in [-0.4, -0.2) is 43.9 Å². The number of benzene rings is 1. The fourth-order valence-electron chi connectivity index (χ4n) is 4.57. The summed E-state index contributed by atoms with van der Waals surface area (Å²) in [6.45, 7) is 5.81. The summed E-state index contributed by atoms with van der Waals surface area (Å²) in [7, 11) is 0. The third-order valence-electron chi connectivity index (χ3n) is 5.69. The monoisotopic (exact) mass is 301 g/mol. The number of ether oxygens (including phenoxy) is 2. The maximum atomic E-state index is 6.16. The molecule has 22 heavy (non-hydrogen) atoms. The van der Waals surface area contributed by atoms with Crippen molar-refractivity contribution >= 4 is 0 Å². The van der Waals surface area contributed by atoms with Crippen molar-refractivity contribution in [1.82, 2.24) is 4.90 Å². The van der Waals surface area contributed by atoms with E-state index >= 15 is 0 Å². The topological polar surface area (TPSA) is 21.7 Å². The molecule has 2 heterocycles. The molecule has 1 unspecified atom stereocenters. The lowest BCUT2D eigenvalue weighted by molar-refractivity contribution is 0.0539. The molecule has 1 aromatic rings. The number of nitrogens with zero attached hydrogens (tertiary/aromatic N) is 1. The average Bonchev–Trinajstić information content (AvgIpc) is 3.07. The molecule has 1 aliphatic carbocycles. The average molecular weight is 301 g/mol. The highest BCUT2D eigenvalue weighted by Gasteiger charge is 2.42. The van der Waals surface area contributed by atoms with Gasteiger partial charge < -0.3 is 14.4 Å². The van der Waals surface area contributed by atoms with E-state index in [9.17, 15) is 0 Å². The molecule has 3 fully saturated rings. The highest BCUT2D eigenvalue weighted by Crippen LogP contribution is 2.40. The lowest BCUT2D eigenvalue weighted by Gasteiger charge is -2.27. The van der Waals surface area contributed by atoms with Crippen molar-refractivity contribution in [2.75, 3.05) is 32.8 Å². The Morgan fingerprint density at radius 3 is 2.36 bits per heavy atom. The molecule has 1 aromatic carbocycles. The molecule has 0 bridgehead atoms. The lowest BCUT2D eigenvalue weighted by atomic mass is 10.00. The largest absolute Gasteiger partial charge is 0.490 e. The fourth-order valence-corrected chi connectivity index (χ4v) is 4.57. The van der Waals surface area contributed by atoms with Crippen LogP contribution in [0.1, 0.15) is 25.7 Å². The molecule has 4 rings (SSSR count). The predicted octanol–water partition coefficient (Wildman–Crippen LogP) is 3.20. The molecule has 3 aliphatic rings. The van der Waals surface area contributed by atoms with Gasteiger partial charge in [0.1, 0.15) is 5.75 Å². The Bertz CT molecular complexity index is 458. The number of likely N-dealkylation sites (tertiary alicyclic amines) is 1. The van der Waals surface area contributed by atoms with E-state index in [0.29, 0.717) is 6.10 Å². The molecular weight excluding hydrogens is 274 g/mol. The maximum absolute atomic E-state index is 6.16. The summed E-state index contributed by atoms with van der Waals surface area (Å²) in [5, 5.41) is 0. The van der Waals surface area contributed by atoms with Crippen LogP contribution in [0.3, 0.4) is 0 Å². The van der Waals surface area contributed by atoms with E-state index in [1.807, 2.05) is 6.07 Å². The Morgan fingerprint density at radius 1 is 1.00 bits per heavy atom. The molecule has 2 aliphatic heterocycles. The van der Waals surface area contributed by atoms with Crippen molar-refractivity contribution in [2.24, 2.45) is 17.8 Å². The summed E-state index contributed by atoms with van der Waals surface area (Å²) < 4.78 is 11.6. The summed E-state index contributed by atoms with van der Waals surface area (Å²) >= 11 is 0. The van der Waals surface area contributed by atoms with Crippen LogP contribution < -0.4 is 4.74 Å². The van der Waals surface area contributed by atoms with Gasteiger partial charge in [-0.15, -0.1) is 0 Å². The van der Waals surface area contributed by atoms with Gasteiger partial charge in [0.15, 0.2) is 0 Å². The van der Waals surface area contributed by atoms with Crippen LogP contribution in [-0.2, 0) is 4.74 Å². The third-order valence-corrected chi connectivity index (χ3v) is 5.69. The Morgan fingerprint density at radius 2 is 1.68 bits per heavy atom. The van der Waals surface area contributed by atoms with Gasteiger partial charge in [0.05, 0.1) is 6.10 Å². The second-order valence-corrected chi connectivity index (χ2v) is 7.32. The molecule has 3 nitrogen and oxygen atoms in total. The number of fused-ring (bicyclic) bond motifs is 1. The van der Waals surface area contributed by atoms with Crippen molar-refractivity contribution in [3.8, 4) is 5.75 Å². The SMILES string of the molecule is c1ccc(OC2C[C@@H]3CN(CC4CCOCC4)C[C@@H]3C2)cc1. The Labute approximate surface area is 133 Å². The van der Waals surface area contributed by atoms with E-state index in [1.54, 1.807) is 0 Å². The predicted molar refractivity (Wildman–Crippen MR) is 87.1 cm³/mol. The third kappa shape index (κ3) is 3.31. The number of hydrogen-bond donors (Lipinski definition) is 0. The first-order valence-corrected chi connectivity index (χ1v) is 8.88. The maximum Gasteiger partial charge on any atom is 0.119 e. The molecule has 0 aromatic heterocycles. The summed E-state index contributed by atoms with van der Waals surface area (Å²) in [5.74, 6) is 3.61. The number of hydrogen-bond acceptors (Lipinski definition) is 3. The minimum absolute atomic E-state index is 0.433. The Balaban J connectivity index is 1.25. The van der Waals surface area contributed by atoms with Gasteiger partial charge in [-0.25, -0.2) is 0 Å². The van der Waals surface area contributed by atoms with Crippen molar-refractivity contribution in [3.63, 3.8) is 0 Å². The van der Waals surface area contributed by atoms with Gasteiger partial charge in [-0.05, 0) is 55.6 Å². The van der Waals surface area contributed by atoms with Gasteiger partial charge >= 0.3 is 0 Å². The molecule has 0 radical (unpaired) electrons. The van der Waals surface area contributed by atoms with E-state index in [0.717, 1.165) is 36.7 Å². The summed E-state index contributed by atoms with van der Waals surface area (Å²) in [4.78, 5) is 2.71. The zero-order valence-electron chi connectivity index (χ0n) is 13.3. The van der Waals surface area contributed by atoms with Gasteiger partial charge in [-0.2, -0.15) is 0 Å². The molecule has 2 saturated heterocycles. The standard InChI is InChI=1S/C19H27NO2/c1-2-4-18(5-3-1)22-19-10-16-13-20(14-17(16)11-19)12-15-6-8-21-9-7-15/h1-5,15-17,19H,6-14H2/t16-,17+,19?. The van der Waals surface area contributed by atoms with Crippen LogP contribution >= 0.6 is 0 Å². The number of para-hydroxylation sites is 1. The highest BCUT2D eigenvalue weighted by molar-refractivity contribution is 5.21. The summed E-state index contributed by atoms with van der Waals surface area (Å²) in [6, 6.07) is 10.3. The van der Waals surface area contributed by atoms with E-state index in [4.69, 9.17) is 9.47 Å². The Hall–Kier alpha value is -1.06. The van der Waals surface area contributed by atoms with Gasteiger partial charge in [0.25, 0.3) is 0 Å². The first-order valence-electron chi connectivity index (χ1n) is 8.88. The second kappa shape index (κ2) is 6.59. The zero-order chi connectivity index (χ0) is 14.8. The van der Waals surface area contributed by atoms with Gasteiger partial charge in [0, 0.05) is 32.8 Å². The van der Waals surface area contributed by atoms with Crippen LogP contribution in [0.25, 0.3) is 0 Å². The smallest absolute Gasteiger partial charge is 0.119 e. The van der Waals surface area contributed by atoms with Gasteiger partial charge in [-0.3, -0.25) is 0 Å². The second-order valence-electron chi connectivity index (χ2n) is 7.32. The zero-order valence-corrected chi connectivity index (χ0v) is 13.3. The van der Waals surface area contributed by atoms with Crippen molar-refractivity contribution in [1.29, 1.82) is 0 Å². The summed E-state index contributed by atoms with van der Waals surface area (Å²) in [6.07, 6.45) is 5.42. The Kier molecular flexibility index (Phi) is 4.35.